The summed E-state index contributed by atoms with van der Waals surface area (Å²) in [5, 5.41) is 2.03. The highest BCUT2D eigenvalue weighted by molar-refractivity contribution is 6.31. The van der Waals surface area contributed by atoms with Crippen molar-refractivity contribution in [2.75, 3.05) is 6.61 Å². The second-order valence-electron chi connectivity index (χ2n) is 4.66. The third-order valence-electron chi connectivity index (χ3n) is 3.41. The Balaban J connectivity index is 1.86. The predicted molar refractivity (Wildman–Crippen MR) is 70.5 cm³/mol. The highest BCUT2D eigenvalue weighted by Crippen LogP contribution is 2.22. The molecule has 3 heteroatoms. The van der Waals surface area contributed by atoms with Crippen LogP contribution in [0.25, 0.3) is 10.9 Å². The molecule has 0 N–H and O–H groups in total. The van der Waals surface area contributed by atoms with Gasteiger partial charge in [-0.25, -0.2) is 0 Å². The van der Waals surface area contributed by atoms with Crippen molar-refractivity contribution in [1.29, 1.82) is 0 Å². The SMILES string of the molecule is Clc1ccc2ccn(CC3CCCCO3)c2c1. The molecule has 3 rings (SSSR count). The van der Waals surface area contributed by atoms with Gasteiger partial charge in [-0.15, -0.1) is 0 Å². The van der Waals surface area contributed by atoms with E-state index in [2.05, 4.69) is 22.9 Å². The van der Waals surface area contributed by atoms with E-state index in [1.165, 1.54) is 30.2 Å². The predicted octanol–water partition coefficient (Wildman–Crippen LogP) is 3.86. The largest absolute Gasteiger partial charge is 0.376 e. The fourth-order valence-corrected chi connectivity index (χ4v) is 2.65. The summed E-state index contributed by atoms with van der Waals surface area (Å²) in [6.07, 6.45) is 6.14. The van der Waals surface area contributed by atoms with E-state index in [1.807, 2.05) is 12.1 Å². The number of halogens is 1. The number of benzene rings is 1. The van der Waals surface area contributed by atoms with Crippen LogP contribution in [-0.4, -0.2) is 17.3 Å². The molecule has 0 amide bonds. The first-order valence-electron chi connectivity index (χ1n) is 6.19. The minimum Gasteiger partial charge on any atom is -0.376 e. The van der Waals surface area contributed by atoms with E-state index in [0.29, 0.717) is 6.10 Å². The van der Waals surface area contributed by atoms with Crippen molar-refractivity contribution in [3.63, 3.8) is 0 Å². The van der Waals surface area contributed by atoms with Crippen molar-refractivity contribution in [3.8, 4) is 0 Å². The van der Waals surface area contributed by atoms with Crippen LogP contribution in [0.1, 0.15) is 19.3 Å². The fourth-order valence-electron chi connectivity index (χ4n) is 2.49. The van der Waals surface area contributed by atoms with E-state index in [1.54, 1.807) is 0 Å². The zero-order valence-electron chi connectivity index (χ0n) is 9.73. The van der Waals surface area contributed by atoms with Gasteiger partial charge in [-0.1, -0.05) is 17.7 Å². The van der Waals surface area contributed by atoms with Crippen LogP contribution in [0.5, 0.6) is 0 Å². The molecular weight excluding hydrogens is 234 g/mol. The van der Waals surface area contributed by atoms with Crippen molar-refractivity contribution in [2.24, 2.45) is 0 Å². The lowest BCUT2D eigenvalue weighted by molar-refractivity contribution is 0.00670. The maximum Gasteiger partial charge on any atom is 0.0754 e. The fraction of sp³-hybridized carbons (Fsp3) is 0.429. The molecule has 1 aliphatic heterocycles. The average molecular weight is 250 g/mol. The molecule has 2 heterocycles. The van der Waals surface area contributed by atoms with Crippen LogP contribution in [0, 0.1) is 0 Å². The van der Waals surface area contributed by atoms with E-state index in [-0.39, 0.29) is 0 Å². The molecule has 0 spiro atoms. The monoisotopic (exact) mass is 249 g/mol. The Morgan fingerprint density at radius 1 is 1.29 bits per heavy atom. The number of hydrogen-bond acceptors (Lipinski definition) is 1. The summed E-state index contributed by atoms with van der Waals surface area (Å²) in [5.41, 5.74) is 1.20. The number of hydrogen-bond donors (Lipinski definition) is 0. The molecule has 0 saturated carbocycles. The van der Waals surface area contributed by atoms with Gasteiger partial charge >= 0.3 is 0 Å². The third-order valence-corrected chi connectivity index (χ3v) is 3.65. The molecular formula is C14H16ClNO. The Bertz CT molecular complexity index is 514. The molecule has 17 heavy (non-hydrogen) atoms. The molecule has 1 unspecified atom stereocenters. The molecule has 90 valence electrons. The van der Waals surface area contributed by atoms with Gasteiger partial charge in [0.05, 0.1) is 6.10 Å². The number of ether oxygens (including phenoxy) is 1. The van der Waals surface area contributed by atoms with Crippen LogP contribution in [0.15, 0.2) is 30.5 Å². The lowest BCUT2D eigenvalue weighted by atomic mass is 10.1. The normalized spacial score (nSPS) is 20.9. The number of nitrogens with zero attached hydrogens (tertiary/aromatic N) is 1. The van der Waals surface area contributed by atoms with Gasteiger partial charge in [-0.3, -0.25) is 0 Å². The van der Waals surface area contributed by atoms with Crippen LogP contribution >= 0.6 is 11.6 Å². The first-order chi connectivity index (χ1) is 8.33. The number of rotatable bonds is 2. The van der Waals surface area contributed by atoms with E-state index in [4.69, 9.17) is 16.3 Å². The summed E-state index contributed by atoms with van der Waals surface area (Å²) in [4.78, 5) is 0. The smallest absolute Gasteiger partial charge is 0.0754 e. The third kappa shape index (κ3) is 2.33. The molecule has 2 aromatic rings. The van der Waals surface area contributed by atoms with E-state index in [9.17, 15) is 0 Å². The Morgan fingerprint density at radius 3 is 3.06 bits per heavy atom. The van der Waals surface area contributed by atoms with E-state index >= 15 is 0 Å². The van der Waals surface area contributed by atoms with Crippen LogP contribution in [-0.2, 0) is 11.3 Å². The highest BCUT2D eigenvalue weighted by Gasteiger charge is 2.15. The topological polar surface area (TPSA) is 14.2 Å². The molecule has 1 saturated heterocycles. The van der Waals surface area contributed by atoms with Gasteiger partial charge in [0.25, 0.3) is 0 Å². The summed E-state index contributed by atoms with van der Waals surface area (Å²) < 4.78 is 8.02. The number of fused-ring (bicyclic) bond motifs is 1. The van der Waals surface area contributed by atoms with Crippen molar-refractivity contribution in [2.45, 2.75) is 31.9 Å². The van der Waals surface area contributed by atoms with Gasteiger partial charge in [-0.05, 0) is 42.8 Å². The van der Waals surface area contributed by atoms with Gasteiger partial charge < -0.3 is 9.30 Å². The summed E-state index contributed by atoms with van der Waals surface area (Å²) in [7, 11) is 0. The molecule has 1 fully saturated rings. The quantitative estimate of drug-likeness (QED) is 0.788. The first-order valence-corrected chi connectivity index (χ1v) is 6.57. The lowest BCUT2D eigenvalue weighted by Crippen LogP contribution is -2.24. The molecule has 2 nitrogen and oxygen atoms in total. The maximum absolute atomic E-state index is 6.05. The van der Waals surface area contributed by atoms with Crippen molar-refractivity contribution in [1.82, 2.24) is 4.57 Å². The number of aromatic nitrogens is 1. The second kappa shape index (κ2) is 4.71. The van der Waals surface area contributed by atoms with Gasteiger partial charge in [0.15, 0.2) is 0 Å². The van der Waals surface area contributed by atoms with Gasteiger partial charge in [0, 0.05) is 29.9 Å². The van der Waals surface area contributed by atoms with E-state index in [0.717, 1.165) is 18.2 Å². The zero-order valence-corrected chi connectivity index (χ0v) is 10.5. The van der Waals surface area contributed by atoms with E-state index < -0.39 is 0 Å². The van der Waals surface area contributed by atoms with Crippen molar-refractivity contribution < 1.29 is 4.74 Å². The van der Waals surface area contributed by atoms with Crippen LogP contribution < -0.4 is 0 Å². The minimum absolute atomic E-state index is 0.360. The van der Waals surface area contributed by atoms with Crippen molar-refractivity contribution in [3.05, 3.63) is 35.5 Å². The summed E-state index contributed by atoms with van der Waals surface area (Å²) in [6.45, 7) is 1.84. The van der Waals surface area contributed by atoms with Crippen LogP contribution in [0.3, 0.4) is 0 Å². The molecule has 0 radical (unpaired) electrons. The second-order valence-corrected chi connectivity index (χ2v) is 5.10. The molecule has 1 aliphatic rings. The Morgan fingerprint density at radius 2 is 2.24 bits per heavy atom. The van der Waals surface area contributed by atoms with Gasteiger partial charge in [0.1, 0.15) is 0 Å². The summed E-state index contributed by atoms with van der Waals surface area (Å²) >= 11 is 6.05. The zero-order chi connectivity index (χ0) is 11.7. The Kier molecular flexibility index (Phi) is 3.08. The van der Waals surface area contributed by atoms with Gasteiger partial charge in [-0.2, -0.15) is 0 Å². The minimum atomic E-state index is 0.360. The van der Waals surface area contributed by atoms with Crippen molar-refractivity contribution >= 4 is 22.5 Å². The summed E-state index contributed by atoms with van der Waals surface area (Å²) in [5.74, 6) is 0. The molecule has 1 aromatic carbocycles. The standard InChI is InChI=1S/C14H16ClNO/c15-12-5-4-11-6-7-16(14(11)9-12)10-13-3-1-2-8-17-13/h4-7,9,13H,1-3,8,10H2. The van der Waals surface area contributed by atoms with Gasteiger partial charge in [0.2, 0.25) is 0 Å². The highest BCUT2D eigenvalue weighted by atomic mass is 35.5. The Labute approximate surface area is 106 Å². The van der Waals surface area contributed by atoms with Crippen LogP contribution in [0.2, 0.25) is 5.02 Å². The average Bonchev–Trinajstić information content (AvgIpc) is 2.73. The lowest BCUT2D eigenvalue weighted by Gasteiger charge is -2.23. The molecule has 1 atom stereocenters. The first kappa shape index (κ1) is 11.1. The Hall–Kier alpha value is -0.990. The molecule has 0 aliphatic carbocycles. The summed E-state index contributed by atoms with van der Waals surface area (Å²) in [6, 6.07) is 8.16. The molecule has 1 aromatic heterocycles. The molecule has 0 bridgehead atoms. The van der Waals surface area contributed by atoms with Crippen LogP contribution in [0.4, 0.5) is 0 Å². The maximum atomic E-state index is 6.05.